The van der Waals surface area contributed by atoms with Crippen LogP contribution in [0.5, 0.6) is 0 Å². The van der Waals surface area contributed by atoms with Crippen molar-refractivity contribution in [2.45, 2.75) is 26.9 Å². The zero-order valence-electron chi connectivity index (χ0n) is 13.0. The van der Waals surface area contributed by atoms with E-state index >= 15 is 0 Å². The number of aliphatic carboxylic acids is 1. The van der Waals surface area contributed by atoms with Gasteiger partial charge in [-0.25, -0.2) is 14.4 Å². The Morgan fingerprint density at radius 1 is 0.864 bits per heavy atom. The summed E-state index contributed by atoms with van der Waals surface area (Å²) in [6.45, 7) is 13.9. The Labute approximate surface area is 129 Å². The third-order valence-electron chi connectivity index (χ3n) is 1.88. The number of aliphatic hydroxyl groups is 1. The van der Waals surface area contributed by atoms with Gasteiger partial charge in [-0.1, -0.05) is 19.7 Å². The first-order valence-corrected chi connectivity index (χ1v) is 6.21. The monoisotopic (exact) mass is 314 g/mol. The predicted octanol–water partition coefficient (Wildman–Crippen LogP) is 1.23. The summed E-state index contributed by atoms with van der Waals surface area (Å²) in [5.41, 5.74) is 0.660. The molecule has 0 saturated heterocycles. The maximum absolute atomic E-state index is 10.9. The first kappa shape index (κ1) is 21.9. The van der Waals surface area contributed by atoms with Gasteiger partial charge in [0.1, 0.15) is 19.3 Å². The zero-order valence-corrected chi connectivity index (χ0v) is 13.0. The SMILES string of the molecule is C=C(C)C(=O)O.C=C(C)C(=O)OCC(O)COC(=O)C(=C)C. The lowest BCUT2D eigenvalue weighted by Crippen LogP contribution is -2.25. The van der Waals surface area contributed by atoms with Crippen LogP contribution in [0.4, 0.5) is 0 Å². The third-order valence-corrected chi connectivity index (χ3v) is 1.88. The molecule has 0 aliphatic rings. The lowest BCUT2D eigenvalue weighted by molar-refractivity contribution is -0.147. The van der Waals surface area contributed by atoms with Crippen LogP contribution in [0.1, 0.15) is 20.8 Å². The van der Waals surface area contributed by atoms with E-state index in [0.29, 0.717) is 0 Å². The fourth-order valence-corrected chi connectivity index (χ4v) is 0.638. The molecular weight excluding hydrogens is 292 g/mol. The number of carboxylic acids is 1. The van der Waals surface area contributed by atoms with Crippen molar-refractivity contribution in [2.75, 3.05) is 13.2 Å². The van der Waals surface area contributed by atoms with Gasteiger partial charge in [0.05, 0.1) is 0 Å². The number of rotatable bonds is 7. The fraction of sp³-hybridized carbons (Fsp3) is 0.400. The van der Waals surface area contributed by atoms with E-state index in [2.05, 4.69) is 29.2 Å². The third kappa shape index (κ3) is 12.6. The molecule has 0 amide bonds. The van der Waals surface area contributed by atoms with Crippen LogP contribution in [-0.2, 0) is 23.9 Å². The Morgan fingerprint density at radius 3 is 1.32 bits per heavy atom. The Balaban J connectivity index is 0. The molecule has 7 heteroatoms. The first-order valence-electron chi connectivity index (χ1n) is 6.21. The van der Waals surface area contributed by atoms with Crippen molar-refractivity contribution in [1.29, 1.82) is 0 Å². The van der Waals surface area contributed by atoms with Crippen LogP contribution in [0.2, 0.25) is 0 Å². The maximum Gasteiger partial charge on any atom is 0.333 e. The standard InChI is InChI=1S/C11H16O5.C4H6O2/c1-7(2)10(13)15-5-9(12)6-16-11(14)8(3)4;1-3(2)4(5)6/h9,12H,1,3,5-6H2,2,4H3;1H2,2H3,(H,5,6). The molecule has 0 rings (SSSR count). The number of hydrogen-bond acceptors (Lipinski definition) is 6. The number of esters is 2. The molecule has 0 spiro atoms. The highest BCUT2D eigenvalue weighted by Gasteiger charge is 2.12. The van der Waals surface area contributed by atoms with E-state index in [9.17, 15) is 19.5 Å². The largest absolute Gasteiger partial charge is 0.478 e. The summed E-state index contributed by atoms with van der Waals surface area (Å²) >= 11 is 0. The van der Waals surface area contributed by atoms with E-state index in [1.165, 1.54) is 20.8 Å². The summed E-state index contributed by atoms with van der Waals surface area (Å²) in [5, 5.41) is 17.2. The van der Waals surface area contributed by atoms with E-state index < -0.39 is 24.0 Å². The first-order chi connectivity index (χ1) is 9.98. The quantitative estimate of drug-likeness (QED) is 0.537. The summed E-state index contributed by atoms with van der Waals surface area (Å²) in [5.74, 6) is -2.12. The number of carboxylic acid groups (broad SMARTS) is 1. The number of carbonyl (C=O) groups excluding carboxylic acids is 2. The Bertz CT molecular complexity index is 421. The smallest absolute Gasteiger partial charge is 0.333 e. The summed E-state index contributed by atoms with van der Waals surface area (Å²) in [7, 11) is 0. The van der Waals surface area contributed by atoms with E-state index in [4.69, 9.17) is 5.11 Å². The molecule has 22 heavy (non-hydrogen) atoms. The molecule has 7 nitrogen and oxygen atoms in total. The molecule has 0 aromatic carbocycles. The minimum Gasteiger partial charge on any atom is -0.478 e. The molecule has 124 valence electrons. The molecule has 0 heterocycles. The topological polar surface area (TPSA) is 110 Å². The minimum atomic E-state index is -1.05. The van der Waals surface area contributed by atoms with Crippen molar-refractivity contribution in [2.24, 2.45) is 0 Å². The predicted molar refractivity (Wildman–Crippen MR) is 80.0 cm³/mol. The zero-order chi connectivity index (χ0) is 17.9. The molecule has 0 unspecified atom stereocenters. The van der Waals surface area contributed by atoms with E-state index in [-0.39, 0.29) is 29.9 Å². The Hall–Kier alpha value is -2.41. The van der Waals surface area contributed by atoms with Crippen LogP contribution >= 0.6 is 0 Å². The Kier molecular flexibility index (Phi) is 11.2. The lowest BCUT2D eigenvalue weighted by atomic mass is 10.3. The van der Waals surface area contributed by atoms with Gasteiger partial charge in [-0.3, -0.25) is 0 Å². The van der Waals surface area contributed by atoms with Gasteiger partial charge in [-0.2, -0.15) is 0 Å². The van der Waals surface area contributed by atoms with Gasteiger partial charge in [0.15, 0.2) is 0 Å². The number of aliphatic hydroxyl groups excluding tert-OH is 1. The summed E-state index contributed by atoms with van der Waals surface area (Å²) in [6, 6.07) is 0. The van der Waals surface area contributed by atoms with Crippen LogP contribution in [0, 0.1) is 0 Å². The van der Waals surface area contributed by atoms with Crippen molar-refractivity contribution >= 4 is 17.9 Å². The van der Waals surface area contributed by atoms with E-state index in [0.717, 1.165) is 0 Å². The Morgan fingerprint density at radius 2 is 1.14 bits per heavy atom. The molecule has 0 fully saturated rings. The highest BCUT2D eigenvalue weighted by molar-refractivity contribution is 5.87. The molecule has 0 aliphatic carbocycles. The van der Waals surface area contributed by atoms with Crippen LogP contribution in [0.25, 0.3) is 0 Å². The highest BCUT2D eigenvalue weighted by Crippen LogP contribution is 1.97. The molecule has 0 aromatic rings. The van der Waals surface area contributed by atoms with Gasteiger partial charge in [0, 0.05) is 16.7 Å². The van der Waals surface area contributed by atoms with Gasteiger partial charge in [-0.05, 0) is 20.8 Å². The van der Waals surface area contributed by atoms with Crippen molar-refractivity contribution in [3.05, 3.63) is 36.5 Å². The van der Waals surface area contributed by atoms with E-state index in [1.54, 1.807) is 0 Å². The normalized spacial score (nSPS) is 9.14. The van der Waals surface area contributed by atoms with Crippen molar-refractivity contribution < 1.29 is 34.1 Å². The fourth-order valence-electron chi connectivity index (χ4n) is 0.638. The van der Waals surface area contributed by atoms with Crippen LogP contribution in [0.15, 0.2) is 36.5 Å². The van der Waals surface area contributed by atoms with Gasteiger partial charge >= 0.3 is 17.9 Å². The molecular formula is C15H22O7. The molecule has 0 radical (unpaired) electrons. The number of carbonyl (C=O) groups is 3. The van der Waals surface area contributed by atoms with Crippen molar-refractivity contribution in [3.63, 3.8) is 0 Å². The summed E-state index contributed by atoms with van der Waals surface area (Å²) < 4.78 is 9.31. The van der Waals surface area contributed by atoms with Crippen molar-refractivity contribution in [1.82, 2.24) is 0 Å². The molecule has 0 saturated carbocycles. The average Bonchev–Trinajstić information content (AvgIpc) is 2.42. The number of ether oxygens (including phenoxy) is 2. The summed E-state index contributed by atoms with van der Waals surface area (Å²) in [4.78, 5) is 31.5. The van der Waals surface area contributed by atoms with E-state index in [1.807, 2.05) is 0 Å². The highest BCUT2D eigenvalue weighted by atomic mass is 16.6. The second-order valence-corrected chi connectivity index (χ2v) is 4.50. The molecule has 2 N–H and O–H groups in total. The van der Waals surface area contributed by atoms with Crippen LogP contribution in [-0.4, -0.2) is 47.4 Å². The van der Waals surface area contributed by atoms with Gasteiger partial charge < -0.3 is 19.7 Å². The molecule has 0 aromatic heterocycles. The maximum atomic E-state index is 10.9. The summed E-state index contributed by atoms with van der Waals surface area (Å²) in [6.07, 6.45) is -1.05. The molecule has 0 aliphatic heterocycles. The van der Waals surface area contributed by atoms with Gasteiger partial charge in [-0.15, -0.1) is 0 Å². The second kappa shape index (κ2) is 11.3. The molecule has 0 atom stereocenters. The van der Waals surface area contributed by atoms with Gasteiger partial charge in [0.2, 0.25) is 0 Å². The average molecular weight is 314 g/mol. The molecule has 0 bridgehead atoms. The van der Waals surface area contributed by atoms with Gasteiger partial charge in [0.25, 0.3) is 0 Å². The second-order valence-electron chi connectivity index (χ2n) is 4.50. The number of hydrogen-bond donors (Lipinski definition) is 2. The van der Waals surface area contributed by atoms with Crippen molar-refractivity contribution in [3.8, 4) is 0 Å². The van der Waals surface area contributed by atoms with Crippen LogP contribution < -0.4 is 0 Å². The lowest BCUT2D eigenvalue weighted by Gasteiger charge is -2.11. The minimum absolute atomic E-state index is 0.176. The van der Waals surface area contributed by atoms with Crippen LogP contribution in [0.3, 0.4) is 0 Å².